The molecular weight excluding hydrogens is 484 g/mol. The number of aliphatic hydroxyl groups is 1. The van der Waals surface area contributed by atoms with E-state index in [2.05, 4.69) is 81.0 Å². The molecule has 1 aliphatic rings. The molecule has 3 aromatic heterocycles. The number of hydrogen-bond acceptors (Lipinski definition) is 6. The molecule has 5 aromatic rings. The molecule has 2 aromatic carbocycles. The Hall–Kier alpha value is -3.65. The molecule has 0 atom stereocenters. The number of pyridine rings is 2. The highest BCUT2D eigenvalue weighted by Gasteiger charge is 2.34. The van der Waals surface area contributed by atoms with Gasteiger partial charge >= 0.3 is 0 Å². The van der Waals surface area contributed by atoms with Crippen LogP contribution in [0.4, 0.5) is 0 Å². The van der Waals surface area contributed by atoms with Crippen molar-refractivity contribution in [2.45, 2.75) is 51.1 Å². The molecule has 7 heteroatoms. The van der Waals surface area contributed by atoms with E-state index in [-0.39, 0.29) is 12.1 Å². The van der Waals surface area contributed by atoms with Gasteiger partial charge in [0, 0.05) is 34.8 Å². The fourth-order valence-electron chi connectivity index (χ4n) is 5.61. The number of nitrogens with two attached hydrogens (primary N) is 1. The normalized spacial score (nSPS) is 14.8. The van der Waals surface area contributed by atoms with E-state index in [1.54, 1.807) is 0 Å². The Morgan fingerprint density at radius 1 is 0.974 bits per heavy atom. The Labute approximate surface area is 229 Å². The third kappa shape index (κ3) is 4.93. The van der Waals surface area contributed by atoms with E-state index in [1.165, 1.54) is 12.0 Å². The predicted octanol–water partition coefficient (Wildman–Crippen LogP) is 5.54. The molecule has 6 rings (SSSR count). The van der Waals surface area contributed by atoms with Crippen LogP contribution in [-0.2, 0) is 12.1 Å². The molecule has 0 spiro atoms. The van der Waals surface area contributed by atoms with E-state index in [9.17, 15) is 5.11 Å². The van der Waals surface area contributed by atoms with Crippen molar-refractivity contribution in [3.05, 3.63) is 84.3 Å². The number of nitrogens with zero attached hydrogens (tertiary/aromatic N) is 5. The minimum Gasteiger partial charge on any atom is -0.395 e. The maximum atomic E-state index is 9.55. The molecule has 200 valence electrons. The van der Waals surface area contributed by atoms with Crippen LogP contribution in [0.1, 0.15) is 50.4 Å². The van der Waals surface area contributed by atoms with Gasteiger partial charge in [0.25, 0.3) is 0 Å². The first-order valence-corrected chi connectivity index (χ1v) is 14.1. The van der Waals surface area contributed by atoms with E-state index >= 15 is 0 Å². The molecule has 3 heterocycles. The Morgan fingerprint density at radius 3 is 2.46 bits per heavy atom. The van der Waals surface area contributed by atoms with E-state index in [0.29, 0.717) is 13.1 Å². The van der Waals surface area contributed by atoms with E-state index in [1.807, 2.05) is 18.3 Å². The molecule has 0 aliphatic heterocycles. The maximum absolute atomic E-state index is 9.55. The summed E-state index contributed by atoms with van der Waals surface area (Å²) in [7, 11) is 0. The lowest BCUT2D eigenvalue weighted by atomic mass is 9.72. The van der Waals surface area contributed by atoms with Gasteiger partial charge in [0.05, 0.1) is 24.4 Å². The summed E-state index contributed by atoms with van der Waals surface area (Å²) in [4.78, 5) is 7.42. The largest absolute Gasteiger partial charge is 0.395 e. The van der Waals surface area contributed by atoms with Crippen LogP contribution in [0, 0.1) is 0 Å². The van der Waals surface area contributed by atoms with Crippen LogP contribution < -0.4 is 5.73 Å². The van der Waals surface area contributed by atoms with Crippen LogP contribution in [-0.4, -0.2) is 49.3 Å². The number of fused-ring (bicyclic) bond motifs is 3. The molecule has 1 aliphatic carbocycles. The van der Waals surface area contributed by atoms with Gasteiger partial charge in [-0.3, -0.25) is 9.30 Å². The molecule has 0 saturated heterocycles. The summed E-state index contributed by atoms with van der Waals surface area (Å²) in [5, 5.41) is 19.7. The highest BCUT2D eigenvalue weighted by molar-refractivity contribution is 5.98. The summed E-state index contributed by atoms with van der Waals surface area (Å²) in [5.41, 5.74) is 13.5. The first kappa shape index (κ1) is 25.6. The second kappa shape index (κ2) is 10.8. The van der Waals surface area contributed by atoms with E-state index in [4.69, 9.17) is 10.7 Å². The van der Waals surface area contributed by atoms with Gasteiger partial charge in [-0.15, -0.1) is 10.2 Å². The summed E-state index contributed by atoms with van der Waals surface area (Å²) in [6.45, 7) is 4.49. The van der Waals surface area contributed by atoms with Crippen molar-refractivity contribution in [3.63, 3.8) is 0 Å². The fourth-order valence-corrected chi connectivity index (χ4v) is 5.61. The van der Waals surface area contributed by atoms with E-state index in [0.717, 1.165) is 77.0 Å². The second-order valence-corrected chi connectivity index (χ2v) is 10.7. The van der Waals surface area contributed by atoms with Crippen LogP contribution in [0.25, 0.3) is 38.9 Å². The van der Waals surface area contributed by atoms with Crippen molar-refractivity contribution in [3.8, 4) is 22.4 Å². The average molecular weight is 521 g/mol. The van der Waals surface area contributed by atoms with Crippen LogP contribution in [0.3, 0.4) is 0 Å². The number of hydrogen-bond donors (Lipinski definition) is 2. The molecule has 1 fully saturated rings. The summed E-state index contributed by atoms with van der Waals surface area (Å²) in [6, 6.07) is 23.3. The van der Waals surface area contributed by atoms with Gasteiger partial charge in [-0.1, -0.05) is 67.9 Å². The Kier molecular flexibility index (Phi) is 7.12. The zero-order valence-electron chi connectivity index (χ0n) is 22.6. The highest BCUT2D eigenvalue weighted by Crippen LogP contribution is 2.40. The standard InChI is InChI=1S/C32H36N6O/c1-2-3-17-37(19-20-39)22-29-35-36-31-27-21-26(23-8-5-4-6-9-23)30(34-28(27)14-18-38(29)31)24-10-12-25(13-11-24)32(33)15-7-16-32/h4-6,8-14,18,21,39H,2-3,7,15-17,19-20,22,33H2,1H3. The molecule has 0 unspecified atom stereocenters. The summed E-state index contributed by atoms with van der Waals surface area (Å²) in [5.74, 6) is 0.865. The van der Waals surface area contributed by atoms with Crippen molar-refractivity contribution in [1.82, 2.24) is 24.5 Å². The van der Waals surface area contributed by atoms with Crippen molar-refractivity contribution < 1.29 is 5.11 Å². The van der Waals surface area contributed by atoms with Gasteiger partial charge in [0.1, 0.15) is 0 Å². The van der Waals surface area contributed by atoms with Crippen molar-refractivity contribution in [2.75, 3.05) is 19.7 Å². The zero-order chi connectivity index (χ0) is 26.8. The van der Waals surface area contributed by atoms with Crippen LogP contribution in [0.15, 0.2) is 72.9 Å². The van der Waals surface area contributed by atoms with Gasteiger partial charge in [-0.05, 0) is 55.5 Å². The first-order chi connectivity index (χ1) is 19.1. The fraction of sp³-hybridized carbons (Fsp3) is 0.344. The number of rotatable bonds is 10. The van der Waals surface area contributed by atoms with E-state index < -0.39 is 0 Å². The van der Waals surface area contributed by atoms with Crippen LogP contribution >= 0.6 is 0 Å². The van der Waals surface area contributed by atoms with Gasteiger partial charge in [-0.25, -0.2) is 4.98 Å². The highest BCUT2D eigenvalue weighted by atomic mass is 16.3. The quantitative estimate of drug-likeness (QED) is 0.251. The third-order valence-corrected chi connectivity index (χ3v) is 8.11. The number of aliphatic hydroxyl groups excluding tert-OH is 1. The van der Waals surface area contributed by atoms with Crippen molar-refractivity contribution in [2.24, 2.45) is 5.73 Å². The Balaban J connectivity index is 1.44. The number of aromatic nitrogens is 4. The molecule has 0 radical (unpaired) electrons. The lowest BCUT2D eigenvalue weighted by Gasteiger charge is -2.38. The minimum atomic E-state index is -0.183. The van der Waals surface area contributed by atoms with Crippen LogP contribution in [0.5, 0.6) is 0 Å². The molecule has 0 amide bonds. The lowest BCUT2D eigenvalue weighted by molar-refractivity contribution is 0.185. The average Bonchev–Trinajstić information content (AvgIpc) is 3.37. The van der Waals surface area contributed by atoms with Gasteiger partial charge in [0.2, 0.25) is 0 Å². The SMILES string of the molecule is CCCCN(CCO)Cc1nnc2c3cc(-c4ccccc4)c(-c4ccc(C5(N)CCC5)cc4)nc3ccn12. The monoisotopic (exact) mass is 520 g/mol. The molecule has 1 saturated carbocycles. The number of benzene rings is 2. The first-order valence-electron chi connectivity index (χ1n) is 14.1. The topological polar surface area (TPSA) is 92.6 Å². The third-order valence-electron chi connectivity index (χ3n) is 8.11. The molecular formula is C32H36N6O. The summed E-state index contributed by atoms with van der Waals surface area (Å²) < 4.78 is 2.06. The van der Waals surface area contributed by atoms with Gasteiger partial charge in [0.15, 0.2) is 11.5 Å². The molecule has 0 bridgehead atoms. The van der Waals surface area contributed by atoms with Gasteiger partial charge < -0.3 is 10.8 Å². The summed E-state index contributed by atoms with van der Waals surface area (Å²) in [6.07, 6.45) is 7.49. The summed E-state index contributed by atoms with van der Waals surface area (Å²) >= 11 is 0. The Bertz CT molecular complexity index is 1570. The molecule has 3 N–H and O–H groups in total. The van der Waals surface area contributed by atoms with Crippen molar-refractivity contribution >= 4 is 16.6 Å². The zero-order valence-corrected chi connectivity index (χ0v) is 22.6. The predicted molar refractivity (Wildman–Crippen MR) is 156 cm³/mol. The van der Waals surface area contributed by atoms with Crippen LogP contribution in [0.2, 0.25) is 0 Å². The van der Waals surface area contributed by atoms with Crippen molar-refractivity contribution in [1.29, 1.82) is 0 Å². The maximum Gasteiger partial charge on any atom is 0.170 e. The van der Waals surface area contributed by atoms with Gasteiger partial charge in [-0.2, -0.15) is 0 Å². The second-order valence-electron chi connectivity index (χ2n) is 10.7. The smallest absolute Gasteiger partial charge is 0.170 e. The molecule has 7 nitrogen and oxygen atoms in total. The number of unbranched alkanes of at least 4 members (excludes halogenated alkanes) is 1. The lowest BCUT2D eigenvalue weighted by Crippen LogP contribution is -2.43. The molecule has 39 heavy (non-hydrogen) atoms. The minimum absolute atomic E-state index is 0.129. The Morgan fingerprint density at radius 2 is 1.77 bits per heavy atom.